The van der Waals surface area contributed by atoms with E-state index in [0.29, 0.717) is 19.3 Å². The Morgan fingerprint density at radius 2 is 0.500 bits per heavy atom. The minimum atomic E-state index is -0.778. The summed E-state index contributed by atoms with van der Waals surface area (Å²) < 4.78 is 16.9. The molecule has 6 nitrogen and oxygen atoms in total. The number of esters is 3. The van der Waals surface area contributed by atoms with Crippen molar-refractivity contribution in [3.8, 4) is 0 Å². The van der Waals surface area contributed by atoms with Crippen LogP contribution in [-0.2, 0) is 28.6 Å². The van der Waals surface area contributed by atoms with Crippen molar-refractivity contribution in [2.45, 2.75) is 341 Å². The van der Waals surface area contributed by atoms with Crippen molar-refractivity contribution in [2.24, 2.45) is 0 Å². The standard InChI is InChI=1S/C72H126O6/c1-4-7-10-13-16-19-22-25-27-29-31-32-33-34-35-36-37-38-39-40-42-43-45-47-50-53-56-59-62-65-71(74)77-68-69(67-76-70(73)64-61-58-55-52-49-24-21-18-15-12-9-6-3)78-72(75)66-63-60-57-54-51-48-46-44-41-30-28-26-23-20-17-14-11-8-5-2/h7,10,16-17,19-20,25-28,31-32,34-35,69H,4-6,8-9,11-15,18,21-24,29-30,33,36-68H2,1-3H3/b10-7-,19-16-,20-17-,27-25-,28-26-,32-31-,35-34-. The average Bonchev–Trinajstić information content (AvgIpc) is 3.44. The van der Waals surface area contributed by atoms with E-state index in [1.165, 1.54) is 199 Å². The second-order valence-electron chi connectivity index (χ2n) is 22.4. The molecule has 0 saturated carbocycles. The van der Waals surface area contributed by atoms with Crippen LogP contribution in [0.3, 0.4) is 0 Å². The Hall–Kier alpha value is -3.41. The maximum absolute atomic E-state index is 12.9. The molecule has 0 fully saturated rings. The number of carbonyl (C=O) groups is 3. The van der Waals surface area contributed by atoms with Crippen LogP contribution in [0.5, 0.6) is 0 Å². The smallest absolute Gasteiger partial charge is 0.306 e. The lowest BCUT2D eigenvalue weighted by Gasteiger charge is -2.18. The fourth-order valence-electron chi connectivity index (χ4n) is 9.62. The Morgan fingerprint density at radius 1 is 0.269 bits per heavy atom. The van der Waals surface area contributed by atoms with Crippen LogP contribution in [-0.4, -0.2) is 37.2 Å². The molecular formula is C72H126O6. The van der Waals surface area contributed by atoms with Gasteiger partial charge in [-0.25, -0.2) is 0 Å². The van der Waals surface area contributed by atoms with Crippen LogP contribution in [0.25, 0.3) is 0 Å². The van der Waals surface area contributed by atoms with Gasteiger partial charge in [-0.1, -0.05) is 305 Å². The van der Waals surface area contributed by atoms with Gasteiger partial charge in [-0.3, -0.25) is 14.4 Å². The number of allylic oxidation sites excluding steroid dienone is 14. The van der Waals surface area contributed by atoms with Gasteiger partial charge in [-0.05, 0) is 96.3 Å². The molecule has 0 aliphatic carbocycles. The van der Waals surface area contributed by atoms with E-state index >= 15 is 0 Å². The highest BCUT2D eigenvalue weighted by molar-refractivity contribution is 5.71. The van der Waals surface area contributed by atoms with Crippen LogP contribution >= 0.6 is 0 Å². The van der Waals surface area contributed by atoms with E-state index in [1.807, 2.05) is 0 Å². The highest BCUT2D eigenvalue weighted by atomic mass is 16.6. The van der Waals surface area contributed by atoms with E-state index in [4.69, 9.17) is 14.2 Å². The van der Waals surface area contributed by atoms with Gasteiger partial charge in [-0.15, -0.1) is 0 Å². The molecule has 0 amide bonds. The first-order chi connectivity index (χ1) is 38.5. The molecule has 1 atom stereocenters. The molecule has 0 heterocycles. The summed E-state index contributed by atoms with van der Waals surface area (Å²) in [6.07, 6.45) is 87.4. The van der Waals surface area contributed by atoms with Gasteiger partial charge in [0, 0.05) is 19.3 Å². The van der Waals surface area contributed by atoms with E-state index in [-0.39, 0.29) is 31.1 Å². The fraction of sp³-hybridized carbons (Fsp3) is 0.764. The van der Waals surface area contributed by atoms with Gasteiger partial charge in [0.15, 0.2) is 6.10 Å². The van der Waals surface area contributed by atoms with E-state index < -0.39 is 6.10 Å². The Balaban J connectivity index is 4.23. The molecule has 0 spiro atoms. The van der Waals surface area contributed by atoms with Gasteiger partial charge >= 0.3 is 17.9 Å². The zero-order chi connectivity index (χ0) is 56.4. The second kappa shape index (κ2) is 66.1. The van der Waals surface area contributed by atoms with Gasteiger partial charge in [0.2, 0.25) is 0 Å². The number of rotatable bonds is 61. The highest BCUT2D eigenvalue weighted by Gasteiger charge is 2.19. The molecule has 450 valence electrons. The Labute approximate surface area is 484 Å². The molecule has 78 heavy (non-hydrogen) atoms. The number of carbonyl (C=O) groups excluding carboxylic acids is 3. The molecule has 0 aromatic carbocycles. The molecule has 0 rings (SSSR count). The summed E-state index contributed by atoms with van der Waals surface area (Å²) in [4.78, 5) is 38.3. The number of hydrogen-bond acceptors (Lipinski definition) is 6. The zero-order valence-corrected chi connectivity index (χ0v) is 51.7. The SMILES string of the molecule is CC/C=C\C/C=C\C/C=C\C/C=C\C/C=C\CCCCCCCCCCCCCCCC(=O)OCC(COC(=O)CCCCCCCCCCCCCC)OC(=O)CCCCCCCCCCC/C=C\C/C=C\CCCCC. The Bertz CT molecular complexity index is 1480. The van der Waals surface area contributed by atoms with E-state index in [2.05, 4.69) is 106 Å². The largest absolute Gasteiger partial charge is 0.462 e. The minimum absolute atomic E-state index is 0.0740. The van der Waals surface area contributed by atoms with Crippen molar-refractivity contribution in [2.75, 3.05) is 13.2 Å². The van der Waals surface area contributed by atoms with Gasteiger partial charge < -0.3 is 14.2 Å². The van der Waals surface area contributed by atoms with Crippen molar-refractivity contribution in [3.63, 3.8) is 0 Å². The number of unbranched alkanes of at least 4 members (excludes halogenated alkanes) is 36. The molecule has 0 saturated heterocycles. The molecule has 0 aliphatic heterocycles. The molecule has 6 heteroatoms. The Kier molecular flexibility index (Phi) is 63.2. The van der Waals surface area contributed by atoms with Crippen molar-refractivity contribution < 1.29 is 28.6 Å². The minimum Gasteiger partial charge on any atom is -0.462 e. The number of hydrogen-bond donors (Lipinski definition) is 0. The van der Waals surface area contributed by atoms with Crippen LogP contribution in [0.1, 0.15) is 335 Å². The summed E-state index contributed by atoms with van der Waals surface area (Å²) in [5, 5.41) is 0. The summed E-state index contributed by atoms with van der Waals surface area (Å²) in [5.74, 6) is -0.864. The molecule has 0 bridgehead atoms. The average molecular weight is 1090 g/mol. The summed E-state index contributed by atoms with van der Waals surface area (Å²) >= 11 is 0. The third-order valence-corrected chi connectivity index (χ3v) is 14.6. The van der Waals surface area contributed by atoms with Gasteiger partial charge in [0.1, 0.15) is 13.2 Å². The lowest BCUT2D eigenvalue weighted by Crippen LogP contribution is -2.30. The topological polar surface area (TPSA) is 78.9 Å². The first-order valence-electron chi connectivity index (χ1n) is 33.6. The zero-order valence-electron chi connectivity index (χ0n) is 51.7. The Morgan fingerprint density at radius 3 is 0.808 bits per heavy atom. The molecule has 1 unspecified atom stereocenters. The predicted molar refractivity (Wildman–Crippen MR) is 339 cm³/mol. The van der Waals surface area contributed by atoms with E-state index in [1.54, 1.807) is 0 Å². The van der Waals surface area contributed by atoms with Crippen molar-refractivity contribution in [1.82, 2.24) is 0 Å². The summed E-state index contributed by atoms with van der Waals surface area (Å²) in [6.45, 7) is 6.53. The van der Waals surface area contributed by atoms with Gasteiger partial charge in [0.25, 0.3) is 0 Å². The van der Waals surface area contributed by atoms with Crippen molar-refractivity contribution in [1.29, 1.82) is 0 Å². The molecule has 0 aliphatic rings. The van der Waals surface area contributed by atoms with Crippen molar-refractivity contribution in [3.05, 3.63) is 85.1 Å². The molecule has 0 aromatic heterocycles. The molecule has 0 aromatic rings. The van der Waals surface area contributed by atoms with Crippen LogP contribution in [0, 0.1) is 0 Å². The van der Waals surface area contributed by atoms with E-state index in [0.717, 1.165) is 96.3 Å². The fourth-order valence-corrected chi connectivity index (χ4v) is 9.62. The maximum atomic E-state index is 12.9. The lowest BCUT2D eigenvalue weighted by molar-refractivity contribution is -0.167. The summed E-state index contributed by atoms with van der Waals surface area (Å²) in [5.41, 5.74) is 0. The van der Waals surface area contributed by atoms with Crippen LogP contribution in [0.4, 0.5) is 0 Å². The first kappa shape index (κ1) is 74.6. The van der Waals surface area contributed by atoms with Crippen molar-refractivity contribution >= 4 is 17.9 Å². The quantitative estimate of drug-likeness (QED) is 0.0261. The molecular weight excluding hydrogens is 961 g/mol. The second-order valence-corrected chi connectivity index (χ2v) is 22.4. The monoisotopic (exact) mass is 1090 g/mol. The van der Waals surface area contributed by atoms with Crippen LogP contribution < -0.4 is 0 Å². The van der Waals surface area contributed by atoms with Crippen LogP contribution in [0.2, 0.25) is 0 Å². The summed E-state index contributed by atoms with van der Waals surface area (Å²) in [7, 11) is 0. The third-order valence-electron chi connectivity index (χ3n) is 14.6. The van der Waals surface area contributed by atoms with Gasteiger partial charge in [-0.2, -0.15) is 0 Å². The predicted octanol–water partition coefficient (Wildman–Crippen LogP) is 23.1. The van der Waals surface area contributed by atoms with Gasteiger partial charge in [0.05, 0.1) is 0 Å². The molecule has 0 radical (unpaired) electrons. The normalized spacial score (nSPS) is 12.6. The van der Waals surface area contributed by atoms with E-state index in [9.17, 15) is 14.4 Å². The first-order valence-corrected chi connectivity index (χ1v) is 33.6. The van der Waals surface area contributed by atoms with Crippen LogP contribution in [0.15, 0.2) is 85.1 Å². The highest BCUT2D eigenvalue weighted by Crippen LogP contribution is 2.17. The maximum Gasteiger partial charge on any atom is 0.306 e. The third kappa shape index (κ3) is 63.4. The lowest BCUT2D eigenvalue weighted by atomic mass is 10.0. The molecule has 0 N–H and O–H groups in total. The number of ether oxygens (including phenoxy) is 3. The summed E-state index contributed by atoms with van der Waals surface area (Å²) in [6, 6.07) is 0.